The smallest absolute Gasteiger partial charge is 0.326 e. The number of pyridine rings is 1. The Labute approximate surface area is 225 Å². The number of nitrogens with zero attached hydrogens (tertiary/aromatic N) is 3. The Kier molecular flexibility index (Phi) is 8.91. The van der Waals surface area contributed by atoms with E-state index in [1.165, 1.54) is 17.5 Å². The van der Waals surface area contributed by atoms with Gasteiger partial charge in [-0.2, -0.15) is 0 Å². The first-order valence-corrected chi connectivity index (χ1v) is 14.3. The van der Waals surface area contributed by atoms with Crippen LogP contribution in [0.15, 0.2) is 42.5 Å². The van der Waals surface area contributed by atoms with Crippen LogP contribution < -0.4 is 10.6 Å². The number of carboxylic acid groups (broad SMARTS) is 1. The van der Waals surface area contributed by atoms with E-state index in [1.807, 2.05) is 18.2 Å². The SMILES string of the molecule is O=C(O)C(CCN1CCC(CCc2ccc3c(n2)NCCC3)C1)NC(=O)C1CCCN1Cc1ccccc1. The summed E-state index contributed by atoms with van der Waals surface area (Å²) in [4.78, 5) is 34.4. The van der Waals surface area contributed by atoms with Gasteiger partial charge in [0, 0.05) is 31.9 Å². The Morgan fingerprint density at radius 3 is 2.82 bits per heavy atom. The number of carboxylic acids is 1. The fourth-order valence-electron chi connectivity index (χ4n) is 6.18. The summed E-state index contributed by atoms with van der Waals surface area (Å²) in [5, 5.41) is 16.1. The number of anilines is 1. The number of hydrogen-bond donors (Lipinski definition) is 3. The van der Waals surface area contributed by atoms with Crippen LogP contribution in [0, 0.1) is 5.92 Å². The van der Waals surface area contributed by atoms with Crippen LogP contribution in [0.4, 0.5) is 5.82 Å². The third kappa shape index (κ3) is 6.91. The van der Waals surface area contributed by atoms with E-state index in [0.29, 0.717) is 25.4 Å². The summed E-state index contributed by atoms with van der Waals surface area (Å²) in [6, 6.07) is 13.4. The van der Waals surface area contributed by atoms with Crippen molar-refractivity contribution >= 4 is 17.7 Å². The van der Waals surface area contributed by atoms with E-state index in [4.69, 9.17) is 4.98 Å². The van der Waals surface area contributed by atoms with Crippen LogP contribution in [-0.2, 0) is 29.0 Å². The molecule has 0 saturated carbocycles. The molecule has 0 spiro atoms. The van der Waals surface area contributed by atoms with Crippen molar-refractivity contribution in [2.75, 3.05) is 38.0 Å². The van der Waals surface area contributed by atoms with Crippen LogP contribution >= 0.6 is 0 Å². The van der Waals surface area contributed by atoms with Crippen LogP contribution in [-0.4, -0.2) is 76.6 Å². The third-order valence-electron chi connectivity index (χ3n) is 8.37. The van der Waals surface area contributed by atoms with Gasteiger partial charge in [0.2, 0.25) is 5.91 Å². The van der Waals surface area contributed by atoms with Crippen LogP contribution in [0.3, 0.4) is 0 Å². The van der Waals surface area contributed by atoms with Gasteiger partial charge in [-0.1, -0.05) is 36.4 Å². The van der Waals surface area contributed by atoms with Crippen molar-refractivity contribution in [1.82, 2.24) is 20.1 Å². The van der Waals surface area contributed by atoms with Gasteiger partial charge >= 0.3 is 5.97 Å². The Hall–Kier alpha value is -2.97. The van der Waals surface area contributed by atoms with E-state index >= 15 is 0 Å². The van der Waals surface area contributed by atoms with E-state index in [-0.39, 0.29) is 11.9 Å². The molecule has 204 valence electrons. The van der Waals surface area contributed by atoms with Gasteiger partial charge in [-0.05, 0) is 87.6 Å². The summed E-state index contributed by atoms with van der Waals surface area (Å²) in [5.41, 5.74) is 3.65. The molecular weight excluding hydrogens is 478 g/mol. The fraction of sp³-hybridized carbons (Fsp3) is 0.567. The number of hydrogen-bond acceptors (Lipinski definition) is 6. The van der Waals surface area contributed by atoms with Crippen LogP contribution in [0.5, 0.6) is 0 Å². The lowest BCUT2D eigenvalue weighted by atomic mass is 10.00. The van der Waals surface area contributed by atoms with Gasteiger partial charge in [0.05, 0.1) is 6.04 Å². The minimum atomic E-state index is -0.950. The van der Waals surface area contributed by atoms with Crippen LogP contribution in [0.2, 0.25) is 0 Å². The number of likely N-dealkylation sites (tertiary alicyclic amines) is 2. The van der Waals surface area contributed by atoms with Crippen molar-refractivity contribution in [1.29, 1.82) is 0 Å². The molecule has 3 unspecified atom stereocenters. The Balaban J connectivity index is 1.06. The second-order valence-electron chi connectivity index (χ2n) is 11.1. The fourth-order valence-corrected chi connectivity index (χ4v) is 6.18. The maximum atomic E-state index is 13.1. The van der Waals surface area contributed by atoms with Crippen molar-refractivity contribution in [3.8, 4) is 0 Å². The second-order valence-corrected chi connectivity index (χ2v) is 11.1. The molecule has 4 heterocycles. The van der Waals surface area contributed by atoms with Crippen molar-refractivity contribution in [3.63, 3.8) is 0 Å². The zero-order valence-electron chi connectivity index (χ0n) is 22.3. The lowest BCUT2D eigenvalue weighted by Gasteiger charge is -2.26. The molecule has 3 aliphatic heterocycles. The van der Waals surface area contributed by atoms with Crippen LogP contribution in [0.25, 0.3) is 0 Å². The monoisotopic (exact) mass is 519 g/mol. The maximum Gasteiger partial charge on any atom is 0.326 e. The molecule has 2 aromatic rings. The molecule has 1 aromatic heterocycles. The van der Waals surface area contributed by atoms with E-state index in [2.05, 4.69) is 44.7 Å². The predicted molar refractivity (Wildman–Crippen MR) is 148 cm³/mol. The molecule has 0 bridgehead atoms. The van der Waals surface area contributed by atoms with Gasteiger partial charge in [-0.3, -0.25) is 9.69 Å². The first-order valence-electron chi connectivity index (χ1n) is 14.3. The average Bonchev–Trinajstić information content (AvgIpc) is 3.59. The van der Waals surface area contributed by atoms with Crippen molar-refractivity contribution < 1.29 is 14.7 Å². The molecular formula is C30H41N5O3. The summed E-state index contributed by atoms with van der Waals surface area (Å²) in [6.07, 6.45) is 7.63. The summed E-state index contributed by atoms with van der Waals surface area (Å²) >= 11 is 0. The molecule has 3 atom stereocenters. The number of rotatable bonds is 11. The number of fused-ring (bicyclic) bond motifs is 1. The number of aromatic nitrogens is 1. The Bertz CT molecular complexity index is 1090. The molecule has 2 fully saturated rings. The van der Waals surface area contributed by atoms with E-state index in [9.17, 15) is 14.7 Å². The van der Waals surface area contributed by atoms with Gasteiger partial charge in [0.15, 0.2) is 0 Å². The first kappa shape index (κ1) is 26.6. The third-order valence-corrected chi connectivity index (χ3v) is 8.37. The summed E-state index contributed by atoms with van der Waals surface area (Å²) in [5.74, 6) is 0.555. The Morgan fingerprint density at radius 2 is 1.97 bits per heavy atom. The number of carbonyl (C=O) groups excluding carboxylic acids is 1. The van der Waals surface area contributed by atoms with E-state index < -0.39 is 12.0 Å². The quantitative estimate of drug-likeness (QED) is 0.419. The van der Waals surface area contributed by atoms with Crippen molar-refractivity contribution in [2.45, 2.75) is 70.0 Å². The van der Waals surface area contributed by atoms with Gasteiger partial charge in [-0.25, -0.2) is 9.78 Å². The highest BCUT2D eigenvalue weighted by molar-refractivity contribution is 5.87. The number of carbonyl (C=O) groups is 2. The standard InChI is InChI=1S/C30H41N5O3/c36-29(27-9-5-17-35(27)21-22-6-2-1-3-7-22)33-26(30(37)38)15-19-34-18-14-23(20-34)10-12-25-13-11-24-8-4-16-31-28(24)32-25/h1-3,6-7,11,13,23,26-27H,4-5,8-10,12,14-21H2,(H,31,32)(H,33,36)(H,37,38). The highest BCUT2D eigenvalue weighted by Gasteiger charge is 2.33. The van der Waals surface area contributed by atoms with Gasteiger partial charge in [0.25, 0.3) is 0 Å². The average molecular weight is 520 g/mol. The van der Waals surface area contributed by atoms with Crippen molar-refractivity contribution in [3.05, 3.63) is 59.3 Å². The molecule has 1 aromatic carbocycles. The number of nitrogens with one attached hydrogen (secondary N) is 2. The molecule has 1 amide bonds. The first-order chi connectivity index (χ1) is 18.5. The maximum absolute atomic E-state index is 13.1. The molecule has 8 heteroatoms. The molecule has 3 aliphatic rings. The Morgan fingerprint density at radius 1 is 1.11 bits per heavy atom. The molecule has 3 N–H and O–H groups in total. The minimum Gasteiger partial charge on any atom is -0.480 e. The lowest BCUT2D eigenvalue weighted by molar-refractivity contribution is -0.142. The second kappa shape index (κ2) is 12.7. The molecule has 0 radical (unpaired) electrons. The summed E-state index contributed by atoms with van der Waals surface area (Å²) in [7, 11) is 0. The molecule has 8 nitrogen and oxygen atoms in total. The molecule has 5 rings (SSSR count). The molecule has 2 saturated heterocycles. The minimum absolute atomic E-state index is 0.155. The topological polar surface area (TPSA) is 97.8 Å². The zero-order valence-corrected chi connectivity index (χ0v) is 22.3. The molecule has 0 aliphatic carbocycles. The summed E-state index contributed by atoms with van der Waals surface area (Å²) < 4.78 is 0. The molecule has 38 heavy (non-hydrogen) atoms. The van der Waals surface area contributed by atoms with Gasteiger partial charge in [-0.15, -0.1) is 0 Å². The predicted octanol–water partition coefficient (Wildman–Crippen LogP) is 3.32. The highest BCUT2D eigenvalue weighted by Crippen LogP contribution is 2.25. The van der Waals surface area contributed by atoms with Crippen molar-refractivity contribution in [2.24, 2.45) is 5.92 Å². The van der Waals surface area contributed by atoms with E-state index in [0.717, 1.165) is 76.2 Å². The van der Waals surface area contributed by atoms with E-state index in [1.54, 1.807) is 0 Å². The lowest BCUT2D eigenvalue weighted by Crippen LogP contribution is -2.50. The van der Waals surface area contributed by atoms with Crippen LogP contribution in [0.1, 0.15) is 55.3 Å². The summed E-state index contributed by atoms with van der Waals surface area (Å²) in [6.45, 7) is 5.23. The van der Waals surface area contributed by atoms with Gasteiger partial charge in [0.1, 0.15) is 11.9 Å². The number of benzene rings is 1. The largest absolute Gasteiger partial charge is 0.480 e. The number of amides is 1. The normalized spacial score (nSPS) is 22.5. The highest BCUT2D eigenvalue weighted by atomic mass is 16.4. The number of aryl methyl sites for hydroxylation is 2. The number of aliphatic carboxylic acids is 1. The zero-order chi connectivity index (χ0) is 26.3. The van der Waals surface area contributed by atoms with Gasteiger partial charge < -0.3 is 20.6 Å².